The van der Waals surface area contributed by atoms with Crippen molar-refractivity contribution in [2.45, 2.75) is 0 Å². The molecule has 0 aromatic rings. The molecule has 15 heavy (non-hydrogen) atoms. The van der Waals surface area contributed by atoms with Crippen molar-refractivity contribution in [3.8, 4) is 0 Å². The van der Waals surface area contributed by atoms with Gasteiger partial charge in [0.05, 0.1) is 0 Å². The summed E-state index contributed by atoms with van der Waals surface area (Å²) >= 11 is 0. The van der Waals surface area contributed by atoms with Crippen LogP contribution in [0.3, 0.4) is 0 Å². The molecule has 96 valence electrons. The predicted octanol–water partition coefficient (Wildman–Crippen LogP) is -10.1. The Morgan fingerprint density at radius 3 is 0.600 bits per heavy atom. The van der Waals surface area contributed by atoms with Crippen LogP contribution < -0.4 is 12.4 Å². The van der Waals surface area contributed by atoms with Gasteiger partial charge in [0.1, 0.15) is 0 Å². The normalized spacial score (nSPS) is 3.87. The monoisotopic (exact) mass is 385 g/mol. The quantitative estimate of drug-likeness (QED) is 0.221. The van der Waals surface area contributed by atoms with Gasteiger partial charge >= 0.3 is 39.0 Å². The first-order valence-electron chi connectivity index (χ1n) is 0.667. The zero-order valence-corrected chi connectivity index (χ0v) is 14.8. The van der Waals surface area contributed by atoms with Crippen molar-refractivity contribution >= 4 is 10.4 Å². The smallest absolute Gasteiger partial charge is 1.00 e. The van der Waals surface area contributed by atoms with Gasteiger partial charge in [0.25, 0.3) is 0 Å². The molecule has 0 aliphatic carbocycles. The fourth-order valence-electron chi connectivity index (χ4n) is 0. The summed E-state index contributed by atoms with van der Waals surface area (Å²) in [5.41, 5.74) is 0. The van der Waals surface area contributed by atoms with Crippen LogP contribution in [0.4, 0.5) is 0 Å². The third-order valence-electron chi connectivity index (χ3n) is 0. The molecular formula is H14ClO11SZn2+. The van der Waals surface area contributed by atoms with Gasteiger partial charge < -0.3 is 59.8 Å². The number of hydrogen-bond donors (Lipinski definition) is 0. The molecule has 0 aliphatic rings. The summed E-state index contributed by atoms with van der Waals surface area (Å²) in [5, 5.41) is 0. The molecule has 0 heterocycles. The van der Waals surface area contributed by atoms with Gasteiger partial charge in [0, 0.05) is 10.4 Å². The molecule has 11 nitrogen and oxygen atoms in total. The molecule has 15 heteroatoms. The van der Waals surface area contributed by atoms with E-state index >= 15 is 0 Å². The molecule has 0 aliphatic heterocycles. The van der Waals surface area contributed by atoms with Crippen LogP contribution in [0.2, 0.25) is 0 Å². The van der Waals surface area contributed by atoms with Crippen molar-refractivity contribution in [2.24, 2.45) is 0 Å². The summed E-state index contributed by atoms with van der Waals surface area (Å²) in [4.78, 5) is 0. The van der Waals surface area contributed by atoms with Gasteiger partial charge in [-0.05, 0) is 0 Å². The van der Waals surface area contributed by atoms with Gasteiger partial charge in [-0.3, -0.25) is 8.42 Å². The Kier molecular flexibility index (Phi) is 556. The maximum atomic E-state index is 8.52. The van der Waals surface area contributed by atoms with Crippen molar-refractivity contribution in [2.75, 3.05) is 0 Å². The molecule has 0 atom stereocenters. The van der Waals surface area contributed by atoms with Gasteiger partial charge in [-0.1, -0.05) is 0 Å². The second-order valence-corrected chi connectivity index (χ2v) is 1.22. The van der Waals surface area contributed by atoms with E-state index in [-0.39, 0.29) is 89.7 Å². The van der Waals surface area contributed by atoms with Crippen LogP contribution in [0.5, 0.6) is 0 Å². The summed E-state index contributed by atoms with van der Waals surface area (Å²) in [6, 6.07) is 0. The maximum Gasteiger partial charge on any atom is 2.00 e. The van der Waals surface area contributed by atoms with Gasteiger partial charge in [-0.2, -0.15) is 0 Å². The van der Waals surface area contributed by atoms with Crippen LogP contribution in [-0.4, -0.2) is 55.9 Å². The molecule has 0 saturated carbocycles. The van der Waals surface area contributed by atoms with E-state index in [0.717, 1.165) is 0 Å². The minimum atomic E-state index is -5.17. The maximum absolute atomic E-state index is 8.52. The summed E-state index contributed by atoms with van der Waals surface area (Å²) in [7, 11) is -5.17. The predicted molar refractivity (Wildman–Crippen MR) is 35.8 cm³/mol. The zero-order valence-electron chi connectivity index (χ0n) is 7.33. The number of halogens is 1. The van der Waals surface area contributed by atoms with Gasteiger partial charge in [-0.25, -0.2) is 0 Å². The van der Waals surface area contributed by atoms with E-state index in [4.69, 9.17) is 17.5 Å². The van der Waals surface area contributed by atoms with Crippen LogP contribution in [-0.2, 0) is 49.4 Å². The fourth-order valence-corrected chi connectivity index (χ4v) is 0. The molecule has 0 fully saturated rings. The topological polar surface area (TPSA) is 301 Å². The Morgan fingerprint density at radius 1 is 0.600 bits per heavy atom. The average molecular weight is 388 g/mol. The molecule has 0 saturated heterocycles. The van der Waals surface area contributed by atoms with Crippen LogP contribution in [0.15, 0.2) is 0 Å². The van der Waals surface area contributed by atoms with E-state index < -0.39 is 10.4 Å². The van der Waals surface area contributed by atoms with Crippen LogP contribution in [0, 0.1) is 0 Å². The van der Waals surface area contributed by atoms with Gasteiger partial charge in [-0.15, -0.1) is 0 Å². The molecule has 0 radical (unpaired) electrons. The third-order valence-corrected chi connectivity index (χ3v) is 0. The Balaban J connectivity index is -0.00000000178. The summed E-state index contributed by atoms with van der Waals surface area (Å²) in [5.74, 6) is 0. The first kappa shape index (κ1) is 140. The number of hydrogen-bond acceptors (Lipinski definition) is 4. The molecule has 14 N–H and O–H groups in total. The number of rotatable bonds is 0. The summed E-state index contributed by atoms with van der Waals surface area (Å²) in [6.45, 7) is 0. The van der Waals surface area contributed by atoms with Crippen molar-refractivity contribution in [1.29, 1.82) is 0 Å². The summed E-state index contributed by atoms with van der Waals surface area (Å²) < 4.78 is 34.1. The van der Waals surface area contributed by atoms with E-state index in [0.29, 0.717) is 0 Å². The minimum absolute atomic E-state index is 0. The molecule has 0 bridgehead atoms. The van der Waals surface area contributed by atoms with E-state index in [1.807, 2.05) is 0 Å². The largest absolute Gasteiger partial charge is 2.00 e. The minimum Gasteiger partial charge on any atom is -1.00 e. The first-order valence-corrected chi connectivity index (χ1v) is 2.00. The third kappa shape index (κ3) is 2050. The van der Waals surface area contributed by atoms with Crippen molar-refractivity contribution in [3.63, 3.8) is 0 Å². The van der Waals surface area contributed by atoms with Gasteiger partial charge in [0.2, 0.25) is 0 Å². The molecule has 0 unspecified atom stereocenters. The standard InChI is InChI=1S/ClH.H2O4S.7H2O.2Zn/c;1-5(2,3)4;;;;;;;;;/h1H;(H2,1,2,3,4);7*1H2;;/q;;;;;;;;;2*+2/p-3. The van der Waals surface area contributed by atoms with E-state index in [2.05, 4.69) is 0 Å². The molecule has 0 amide bonds. The summed E-state index contributed by atoms with van der Waals surface area (Å²) in [6.07, 6.45) is 0. The van der Waals surface area contributed by atoms with Gasteiger partial charge in [0.15, 0.2) is 0 Å². The van der Waals surface area contributed by atoms with Crippen molar-refractivity contribution < 1.29 is 107 Å². The SMILES string of the molecule is O.O.O.O.O.O.O.O=S(=O)([O-])[O-].[Cl-].[Zn+2].[Zn+2]. The van der Waals surface area contributed by atoms with E-state index in [1.54, 1.807) is 0 Å². The van der Waals surface area contributed by atoms with Crippen molar-refractivity contribution in [1.82, 2.24) is 0 Å². The molecule has 0 spiro atoms. The van der Waals surface area contributed by atoms with E-state index in [9.17, 15) is 0 Å². The Hall–Kier alpha value is 1.13. The fraction of sp³-hybridized carbons (Fsp3) is 0. The van der Waals surface area contributed by atoms with Crippen molar-refractivity contribution in [3.05, 3.63) is 0 Å². The Bertz CT molecular complexity index is 102. The first-order chi connectivity index (χ1) is 2.00. The van der Waals surface area contributed by atoms with Crippen LogP contribution in [0.1, 0.15) is 0 Å². The molecule has 0 aromatic heterocycles. The molecule has 0 aromatic carbocycles. The second kappa shape index (κ2) is 59.4. The molecule has 0 rings (SSSR count). The Morgan fingerprint density at radius 2 is 0.600 bits per heavy atom. The second-order valence-electron chi connectivity index (χ2n) is 0.408. The van der Waals surface area contributed by atoms with E-state index in [1.165, 1.54) is 0 Å². The Labute approximate surface area is 117 Å². The molecular weight excluding hydrogens is 374 g/mol. The van der Waals surface area contributed by atoms with Crippen LogP contribution in [0.25, 0.3) is 0 Å². The zero-order chi connectivity index (χ0) is 4.50. The van der Waals surface area contributed by atoms with Crippen LogP contribution >= 0.6 is 0 Å². The average Bonchev–Trinajstić information content (AvgIpc) is 0.722.